The molecule has 0 saturated carbocycles. The fourth-order valence-electron chi connectivity index (χ4n) is 11.9. The Morgan fingerprint density at radius 3 is 1.56 bits per heavy atom. The van der Waals surface area contributed by atoms with Gasteiger partial charge >= 0.3 is 0 Å². The zero-order chi connectivity index (χ0) is 43.8. The van der Waals surface area contributed by atoms with Crippen molar-refractivity contribution in [2.24, 2.45) is 0 Å². The lowest BCUT2D eigenvalue weighted by Gasteiger charge is -2.35. The normalized spacial score (nSPS) is 15.2. The smallest absolute Gasteiger partial charge is 0.0714 e. The number of anilines is 3. The van der Waals surface area contributed by atoms with E-state index in [0.29, 0.717) is 0 Å². The Hall–Kier alpha value is -8.26. The maximum atomic E-state index is 2.53. The summed E-state index contributed by atoms with van der Waals surface area (Å²) in [5, 5.41) is 5.06. The number of rotatable bonds is 7. The van der Waals surface area contributed by atoms with Gasteiger partial charge in [-0.3, -0.25) is 0 Å². The minimum Gasteiger partial charge on any atom is -0.310 e. The van der Waals surface area contributed by atoms with Gasteiger partial charge in [0.25, 0.3) is 0 Å². The zero-order valence-corrected chi connectivity index (χ0v) is 36.7. The Kier molecular flexibility index (Phi) is 8.63. The molecule has 1 unspecified atom stereocenters. The summed E-state index contributed by atoms with van der Waals surface area (Å²) >= 11 is 0. The van der Waals surface area contributed by atoms with Crippen molar-refractivity contribution in [2.45, 2.75) is 17.8 Å². The van der Waals surface area contributed by atoms with Crippen LogP contribution in [0.2, 0.25) is 0 Å². The molecular weight excluding hydrogens is 795 g/mol. The highest BCUT2D eigenvalue weighted by atomic mass is 15.1. The molecule has 0 N–H and O–H groups in total. The fraction of sp³-hybridized carbons (Fsp3) is 0.0462. The van der Waals surface area contributed by atoms with Gasteiger partial charge < -0.3 is 4.90 Å². The van der Waals surface area contributed by atoms with Crippen LogP contribution in [0.3, 0.4) is 0 Å². The van der Waals surface area contributed by atoms with Crippen molar-refractivity contribution in [1.82, 2.24) is 0 Å². The van der Waals surface area contributed by atoms with Crippen LogP contribution in [-0.4, -0.2) is 0 Å². The van der Waals surface area contributed by atoms with Crippen LogP contribution in [0.25, 0.3) is 54.9 Å². The van der Waals surface area contributed by atoms with Gasteiger partial charge in [0, 0.05) is 22.4 Å². The van der Waals surface area contributed by atoms with E-state index in [1.807, 2.05) is 0 Å². The molecule has 0 fully saturated rings. The first-order valence-corrected chi connectivity index (χ1v) is 23.1. The quantitative estimate of drug-likeness (QED) is 0.145. The van der Waals surface area contributed by atoms with Crippen molar-refractivity contribution in [3.05, 3.63) is 294 Å². The summed E-state index contributed by atoms with van der Waals surface area (Å²) in [6, 6.07) is 94.8. The molecule has 0 saturated heterocycles. The van der Waals surface area contributed by atoms with E-state index < -0.39 is 5.41 Å². The van der Waals surface area contributed by atoms with E-state index in [9.17, 15) is 0 Å². The number of benzene rings is 11. The molecule has 13 rings (SSSR count). The van der Waals surface area contributed by atoms with Crippen LogP contribution < -0.4 is 4.90 Å². The van der Waals surface area contributed by atoms with Gasteiger partial charge in [0.1, 0.15) is 0 Å². The number of fused-ring (bicyclic) bond motifs is 9. The average Bonchev–Trinajstić information content (AvgIpc) is 3.84. The van der Waals surface area contributed by atoms with Crippen molar-refractivity contribution in [3.63, 3.8) is 0 Å². The predicted octanol–water partition coefficient (Wildman–Crippen LogP) is 16.8. The lowest BCUT2D eigenvalue weighted by atomic mass is 9.67. The Labute approximate surface area is 386 Å². The van der Waals surface area contributed by atoms with E-state index in [4.69, 9.17) is 0 Å². The first-order valence-electron chi connectivity index (χ1n) is 23.1. The number of hydrogen-bond acceptors (Lipinski definition) is 1. The molecule has 0 bridgehead atoms. The number of nitrogens with zero attached hydrogens (tertiary/aromatic N) is 1. The average molecular weight is 840 g/mol. The van der Waals surface area contributed by atoms with E-state index in [-0.39, 0.29) is 5.41 Å². The van der Waals surface area contributed by atoms with Crippen LogP contribution in [0.5, 0.6) is 0 Å². The lowest BCUT2D eigenvalue weighted by molar-refractivity contribution is 0.714. The molecule has 1 atom stereocenters. The van der Waals surface area contributed by atoms with Gasteiger partial charge in [-0.1, -0.05) is 218 Å². The largest absolute Gasteiger partial charge is 0.310 e. The molecule has 1 heteroatoms. The maximum absolute atomic E-state index is 2.53. The molecule has 0 spiro atoms. The minimum absolute atomic E-state index is 0.342. The zero-order valence-electron chi connectivity index (χ0n) is 36.7. The standard InChI is InChI=1S/C65H45N/c1-64(46-21-5-2-6-22-46)58-32-17-16-31-56(58)63-60(64)34-19-35-62(63)66(49-38-36-44(37-39-49)57-42-45-20-11-12-27-51(45)52-28-13-14-29-53(52)57)50-40-41-55-54-30-15-18-33-59(54)65(61(55)43-50,47-23-7-3-8-24-47)48-25-9-4-10-26-48/h2-43H,1H3. The highest BCUT2D eigenvalue weighted by Crippen LogP contribution is 2.60. The molecule has 66 heavy (non-hydrogen) atoms. The molecule has 0 amide bonds. The third-order valence-corrected chi connectivity index (χ3v) is 14.8. The first kappa shape index (κ1) is 38.2. The van der Waals surface area contributed by atoms with Gasteiger partial charge in [0.15, 0.2) is 0 Å². The first-order chi connectivity index (χ1) is 32.6. The van der Waals surface area contributed by atoms with Crippen molar-refractivity contribution in [1.29, 1.82) is 0 Å². The molecule has 2 aliphatic rings. The van der Waals surface area contributed by atoms with Gasteiger partial charge in [0.05, 0.1) is 11.1 Å². The van der Waals surface area contributed by atoms with Crippen molar-refractivity contribution in [3.8, 4) is 33.4 Å². The second kappa shape index (κ2) is 14.9. The summed E-state index contributed by atoms with van der Waals surface area (Å²) in [4.78, 5) is 2.53. The Bertz CT molecular complexity index is 3610. The fourth-order valence-corrected chi connectivity index (χ4v) is 11.9. The molecule has 1 nitrogen and oxygen atoms in total. The predicted molar refractivity (Wildman–Crippen MR) is 276 cm³/mol. The van der Waals surface area contributed by atoms with Crippen LogP contribution in [0.4, 0.5) is 17.1 Å². The van der Waals surface area contributed by atoms with E-state index in [0.717, 1.165) is 17.1 Å². The van der Waals surface area contributed by atoms with Crippen molar-refractivity contribution in [2.75, 3.05) is 4.90 Å². The molecule has 0 heterocycles. The SMILES string of the molecule is CC1(c2ccccc2)c2ccccc2-c2c(N(c3ccc(-c4cc5ccccc5c5ccccc45)cc3)c3ccc4c(c3)C(c3ccccc3)(c3ccccc3)c3ccccc3-4)cccc21. The third kappa shape index (κ3) is 5.47. The maximum Gasteiger partial charge on any atom is 0.0714 e. The molecule has 11 aromatic rings. The van der Waals surface area contributed by atoms with Crippen LogP contribution in [0.15, 0.2) is 255 Å². The summed E-state index contributed by atoms with van der Waals surface area (Å²) in [5.41, 5.74) is 19.0. The molecule has 0 aromatic heterocycles. The van der Waals surface area contributed by atoms with E-state index >= 15 is 0 Å². The van der Waals surface area contributed by atoms with Crippen LogP contribution in [0.1, 0.15) is 45.9 Å². The summed E-state index contributed by atoms with van der Waals surface area (Å²) < 4.78 is 0. The summed E-state index contributed by atoms with van der Waals surface area (Å²) in [5.74, 6) is 0. The van der Waals surface area contributed by atoms with Gasteiger partial charge in [0.2, 0.25) is 0 Å². The van der Waals surface area contributed by atoms with Gasteiger partial charge in [-0.2, -0.15) is 0 Å². The highest BCUT2D eigenvalue weighted by molar-refractivity contribution is 6.14. The molecule has 0 radical (unpaired) electrons. The van der Waals surface area contributed by atoms with Crippen LogP contribution in [0, 0.1) is 0 Å². The highest BCUT2D eigenvalue weighted by Gasteiger charge is 2.47. The van der Waals surface area contributed by atoms with E-state index in [1.54, 1.807) is 0 Å². The topological polar surface area (TPSA) is 3.24 Å². The molecule has 0 aliphatic heterocycles. The molecule has 11 aromatic carbocycles. The van der Waals surface area contributed by atoms with Gasteiger partial charge in [-0.25, -0.2) is 0 Å². The summed E-state index contributed by atoms with van der Waals surface area (Å²) in [6.45, 7) is 2.41. The van der Waals surface area contributed by atoms with Crippen molar-refractivity contribution < 1.29 is 0 Å². The van der Waals surface area contributed by atoms with E-state index in [2.05, 4.69) is 267 Å². The summed E-state index contributed by atoms with van der Waals surface area (Å²) in [7, 11) is 0. The second-order valence-corrected chi connectivity index (χ2v) is 18.1. The third-order valence-electron chi connectivity index (χ3n) is 14.8. The number of hydrogen-bond donors (Lipinski definition) is 0. The molecular formula is C65H45N. The van der Waals surface area contributed by atoms with Gasteiger partial charge in [-0.05, 0) is 132 Å². The monoisotopic (exact) mass is 839 g/mol. The Balaban J connectivity index is 1.07. The summed E-state index contributed by atoms with van der Waals surface area (Å²) in [6.07, 6.45) is 0. The Morgan fingerprint density at radius 2 is 0.848 bits per heavy atom. The van der Waals surface area contributed by atoms with Crippen LogP contribution >= 0.6 is 0 Å². The van der Waals surface area contributed by atoms with Crippen molar-refractivity contribution >= 4 is 38.6 Å². The minimum atomic E-state index is -0.533. The van der Waals surface area contributed by atoms with E-state index in [1.165, 1.54) is 93.9 Å². The Morgan fingerprint density at radius 1 is 0.318 bits per heavy atom. The molecule has 2 aliphatic carbocycles. The van der Waals surface area contributed by atoms with Gasteiger partial charge in [-0.15, -0.1) is 0 Å². The lowest BCUT2D eigenvalue weighted by Crippen LogP contribution is -2.28. The molecule has 310 valence electrons. The second-order valence-electron chi connectivity index (χ2n) is 18.1. The van der Waals surface area contributed by atoms with Crippen LogP contribution in [-0.2, 0) is 10.8 Å².